The molecule has 0 fully saturated rings. The van der Waals surface area contributed by atoms with Crippen LogP contribution in [0.25, 0.3) is 0 Å². The Morgan fingerprint density at radius 2 is 1.63 bits per heavy atom. The van der Waals surface area contributed by atoms with E-state index in [4.69, 9.17) is 10.5 Å². The lowest BCUT2D eigenvalue weighted by Crippen LogP contribution is -2.32. The molecular weight excluding hydrogens is 348 g/mol. The zero-order valence-corrected chi connectivity index (χ0v) is 15.3. The summed E-state index contributed by atoms with van der Waals surface area (Å²) in [5, 5.41) is 8.49. The van der Waals surface area contributed by atoms with Gasteiger partial charge in [0, 0.05) is 23.9 Å². The average Bonchev–Trinajstić information content (AvgIpc) is 2.61. The molecule has 27 heavy (non-hydrogen) atoms. The van der Waals surface area contributed by atoms with Gasteiger partial charge in [-0.2, -0.15) is 0 Å². The van der Waals surface area contributed by atoms with Crippen molar-refractivity contribution in [2.75, 3.05) is 23.1 Å². The van der Waals surface area contributed by atoms with E-state index >= 15 is 0 Å². The number of amides is 3. The molecule has 0 bridgehead atoms. The van der Waals surface area contributed by atoms with E-state index in [2.05, 4.69) is 16.0 Å². The number of primary amides is 1. The lowest BCUT2D eigenvalue weighted by Gasteiger charge is -2.18. The van der Waals surface area contributed by atoms with Gasteiger partial charge in [0.25, 0.3) is 0 Å². The van der Waals surface area contributed by atoms with Crippen LogP contribution in [0.4, 0.5) is 17.1 Å². The quantitative estimate of drug-likeness (QED) is 0.595. The van der Waals surface area contributed by atoms with Crippen LogP contribution in [-0.2, 0) is 9.59 Å². The van der Waals surface area contributed by atoms with Crippen LogP contribution in [0.1, 0.15) is 24.2 Å². The molecule has 0 saturated carbocycles. The first-order chi connectivity index (χ1) is 12.8. The monoisotopic (exact) mass is 370 g/mol. The van der Waals surface area contributed by atoms with Gasteiger partial charge in [-0.1, -0.05) is 0 Å². The third-order valence-corrected chi connectivity index (χ3v) is 3.72. The third-order valence-electron chi connectivity index (χ3n) is 3.72. The van der Waals surface area contributed by atoms with Crippen LogP contribution in [0.3, 0.4) is 0 Å². The van der Waals surface area contributed by atoms with Crippen molar-refractivity contribution in [2.24, 2.45) is 5.73 Å². The van der Waals surface area contributed by atoms with E-state index in [1.807, 2.05) is 0 Å². The maximum absolute atomic E-state index is 12.4. The maximum atomic E-state index is 12.4. The van der Waals surface area contributed by atoms with E-state index in [9.17, 15) is 14.4 Å². The molecule has 2 rings (SSSR count). The molecule has 142 valence electrons. The molecule has 5 N–H and O–H groups in total. The summed E-state index contributed by atoms with van der Waals surface area (Å²) in [6, 6.07) is 10.8. The molecule has 2 aromatic carbocycles. The molecule has 0 heterocycles. The number of carbonyl (C=O) groups excluding carboxylic acids is 3. The Morgan fingerprint density at radius 3 is 2.19 bits per heavy atom. The average molecular weight is 370 g/mol. The predicted molar refractivity (Wildman–Crippen MR) is 104 cm³/mol. The fourth-order valence-corrected chi connectivity index (χ4v) is 2.37. The van der Waals surface area contributed by atoms with Crippen molar-refractivity contribution in [1.82, 2.24) is 0 Å². The zero-order valence-electron chi connectivity index (χ0n) is 15.3. The van der Waals surface area contributed by atoms with Crippen molar-refractivity contribution < 1.29 is 19.1 Å². The second-order valence-electron chi connectivity index (χ2n) is 5.89. The predicted octanol–water partition coefficient (Wildman–Crippen LogP) is 2.19. The van der Waals surface area contributed by atoms with Gasteiger partial charge in [-0.25, -0.2) is 0 Å². The summed E-state index contributed by atoms with van der Waals surface area (Å²) >= 11 is 0. The van der Waals surface area contributed by atoms with Crippen LogP contribution in [-0.4, -0.2) is 30.9 Å². The Kier molecular flexibility index (Phi) is 6.37. The van der Waals surface area contributed by atoms with Gasteiger partial charge in [-0.05, 0) is 49.4 Å². The SMILES string of the molecule is COc1ccc(NC(C)=O)cc1N[C@H](C)C(=O)Nc1ccc(C(N)=O)cc1. The van der Waals surface area contributed by atoms with E-state index in [0.717, 1.165) is 0 Å². The minimum Gasteiger partial charge on any atom is -0.495 e. The van der Waals surface area contributed by atoms with E-state index in [1.54, 1.807) is 37.3 Å². The Labute approximate surface area is 157 Å². The van der Waals surface area contributed by atoms with Gasteiger partial charge in [-0.3, -0.25) is 14.4 Å². The molecule has 0 spiro atoms. The van der Waals surface area contributed by atoms with E-state index in [0.29, 0.717) is 28.4 Å². The van der Waals surface area contributed by atoms with Crippen LogP contribution in [0.15, 0.2) is 42.5 Å². The van der Waals surface area contributed by atoms with Crippen LogP contribution >= 0.6 is 0 Å². The van der Waals surface area contributed by atoms with Gasteiger partial charge in [0.2, 0.25) is 17.7 Å². The normalized spacial score (nSPS) is 11.2. The second-order valence-corrected chi connectivity index (χ2v) is 5.89. The van der Waals surface area contributed by atoms with Gasteiger partial charge in [0.05, 0.1) is 12.8 Å². The molecule has 0 saturated heterocycles. The summed E-state index contributed by atoms with van der Waals surface area (Å²) in [5.41, 5.74) is 7.24. The molecule has 0 radical (unpaired) electrons. The fourth-order valence-electron chi connectivity index (χ4n) is 2.37. The molecule has 0 aromatic heterocycles. The van der Waals surface area contributed by atoms with Crippen molar-refractivity contribution in [3.05, 3.63) is 48.0 Å². The number of rotatable bonds is 7. The van der Waals surface area contributed by atoms with Crippen LogP contribution in [0.5, 0.6) is 5.75 Å². The topological polar surface area (TPSA) is 123 Å². The van der Waals surface area contributed by atoms with Gasteiger partial charge in [-0.15, -0.1) is 0 Å². The van der Waals surface area contributed by atoms with Gasteiger partial charge >= 0.3 is 0 Å². The number of nitrogens with two attached hydrogens (primary N) is 1. The number of carbonyl (C=O) groups is 3. The third kappa shape index (κ3) is 5.46. The summed E-state index contributed by atoms with van der Waals surface area (Å²) in [6.45, 7) is 3.11. The van der Waals surface area contributed by atoms with Gasteiger partial charge in [0.15, 0.2) is 0 Å². The largest absolute Gasteiger partial charge is 0.495 e. The highest BCUT2D eigenvalue weighted by Gasteiger charge is 2.16. The minimum atomic E-state index is -0.595. The van der Waals surface area contributed by atoms with Crippen molar-refractivity contribution in [2.45, 2.75) is 19.9 Å². The van der Waals surface area contributed by atoms with Crippen molar-refractivity contribution in [3.8, 4) is 5.75 Å². The summed E-state index contributed by atoms with van der Waals surface area (Å²) in [6.07, 6.45) is 0. The number of ether oxygens (including phenoxy) is 1. The number of nitrogens with one attached hydrogen (secondary N) is 3. The smallest absolute Gasteiger partial charge is 0.248 e. The van der Waals surface area contributed by atoms with Gasteiger partial charge in [0.1, 0.15) is 11.8 Å². The highest BCUT2D eigenvalue weighted by atomic mass is 16.5. The molecule has 1 atom stereocenters. The summed E-state index contributed by atoms with van der Waals surface area (Å²) < 4.78 is 5.29. The highest BCUT2D eigenvalue weighted by molar-refractivity contribution is 5.98. The molecule has 0 aliphatic rings. The summed E-state index contributed by atoms with van der Waals surface area (Å²) in [7, 11) is 1.52. The van der Waals surface area contributed by atoms with Gasteiger partial charge < -0.3 is 26.4 Å². The van der Waals surface area contributed by atoms with E-state index in [1.165, 1.54) is 26.2 Å². The number of benzene rings is 2. The van der Waals surface area contributed by atoms with E-state index < -0.39 is 11.9 Å². The first-order valence-electron chi connectivity index (χ1n) is 8.23. The highest BCUT2D eigenvalue weighted by Crippen LogP contribution is 2.28. The van der Waals surface area contributed by atoms with E-state index in [-0.39, 0.29) is 11.8 Å². The molecule has 2 aromatic rings. The number of anilines is 3. The minimum absolute atomic E-state index is 0.198. The van der Waals surface area contributed by atoms with Crippen LogP contribution in [0, 0.1) is 0 Å². The number of hydrogen-bond donors (Lipinski definition) is 4. The second kappa shape index (κ2) is 8.70. The molecule has 3 amide bonds. The van der Waals surface area contributed by atoms with Crippen molar-refractivity contribution in [3.63, 3.8) is 0 Å². The number of hydrogen-bond acceptors (Lipinski definition) is 5. The molecule has 8 nitrogen and oxygen atoms in total. The molecule has 0 aliphatic carbocycles. The van der Waals surface area contributed by atoms with Crippen molar-refractivity contribution in [1.29, 1.82) is 0 Å². The van der Waals surface area contributed by atoms with Crippen LogP contribution in [0.2, 0.25) is 0 Å². The lowest BCUT2D eigenvalue weighted by atomic mass is 10.2. The Hall–Kier alpha value is -3.55. The first-order valence-corrected chi connectivity index (χ1v) is 8.23. The Bertz CT molecular complexity index is 849. The molecule has 0 unspecified atom stereocenters. The zero-order chi connectivity index (χ0) is 20.0. The molecule has 0 aliphatic heterocycles. The number of methoxy groups -OCH3 is 1. The maximum Gasteiger partial charge on any atom is 0.248 e. The van der Waals surface area contributed by atoms with Crippen LogP contribution < -0.4 is 26.4 Å². The first kappa shape index (κ1) is 19.8. The molecular formula is C19H22N4O4. The summed E-state index contributed by atoms with van der Waals surface area (Å²) in [4.78, 5) is 34.7. The Balaban J connectivity index is 2.08. The lowest BCUT2D eigenvalue weighted by molar-refractivity contribution is -0.116. The fraction of sp³-hybridized carbons (Fsp3) is 0.211. The summed E-state index contributed by atoms with van der Waals surface area (Å²) in [5.74, 6) is -0.478. The Morgan fingerprint density at radius 1 is 1.00 bits per heavy atom. The standard InChI is InChI=1S/C19H22N4O4/c1-11(19(26)23-14-6-4-13(5-7-14)18(20)25)21-16-10-15(22-12(2)24)8-9-17(16)27-3/h4-11,21H,1-3H3,(H2,20,25)(H,22,24)(H,23,26)/t11-/m1/s1. The molecule has 8 heteroatoms. The van der Waals surface area contributed by atoms with Crippen molar-refractivity contribution >= 4 is 34.8 Å².